The third-order valence-corrected chi connectivity index (χ3v) is 6.05. The molecule has 27 heavy (non-hydrogen) atoms. The lowest BCUT2D eigenvalue weighted by molar-refractivity contribution is -0.142. The van der Waals surface area contributed by atoms with Crippen LogP contribution in [0.1, 0.15) is 32.1 Å². The van der Waals surface area contributed by atoms with Crippen LogP contribution in [0.3, 0.4) is 0 Å². The van der Waals surface area contributed by atoms with Crippen molar-refractivity contribution >= 4 is 16.0 Å². The van der Waals surface area contributed by atoms with Gasteiger partial charge in [0.2, 0.25) is 10.0 Å². The second-order valence-corrected chi connectivity index (χ2v) is 8.18. The average Bonchev–Trinajstić information content (AvgIpc) is 2.89. The van der Waals surface area contributed by atoms with Gasteiger partial charge < -0.3 is 9.84 Å². The normalized spacial score (nSPS) is 22.9. The van der Waals surface area contributed by atoms with E-state index in [9.17, 15) is 26.4 Å². The molecule has 1 aromatic rings. The number of alkyl halides is 1. The van der Waals surface area contributed by atoms with Gasteiger partial charge in [-0.15, -0.1) is 0 Å². The maximum atomic E-state index is 14.2. The molecule has 0 radical (unpaired) electrons. The molecule has 1 aliphatic carbocycles. The van der Waals surface area contributed by atoms with Gasteiger partial charge in [0.25, 0.3) is 0 Å². The predicted octanol–water partition coefficient (Wildman–Crippen LogP) is 2.63. The van der Waals surface area contributed by atoms with Crippen LogP contribution in [0.5, 0.6) is 0 Å². The van der Waals surface area contributed by atoms with Crippen LogP contribution in [-0.4, -0.2) is 44.9 Å². The number of carboxylic acids is 1. The number of rotatable bonds is 10. The maximum Gasteiger partial charge on any atom is 0.329 e. The summed E-state index contributed by atoms with van der Waals surface area (Å²) in [5.41, 5.74) is 0. The fraction of sp³-hybridized carbons (Fsp3) is 0.588. The van der Waals surface area contributed by atoms with E-state index in [1.54, 1.807) is 0 Å². The van der Waals surface area contributed by atoms with Crippen molar-refractivity contribution < 1.29 is 36.2 Å². The quantitative estimate of drug-likeness (QED) is 0.580. The van der Waals surface area contributed by atoms with Crippen LogP contribution in [0.4, 0.5) is 13.2 Å². The first-order chi connectivity index (χ1) is 12.7. The summed E-state index contributed by atoms with van der Waals surface area (Å²) >= 11 is 0. The monoisotopic (exact) mass is 409 g/mol. The molecule has 2 N–H and O–H groups in total. The van der Waals surface area contributed by atoms with Gasteiger partial charge in [0.05, 0.1) is 0 Å². The molecule has 0 aromatic heterocycles. The lowest BCUT2D eigenvalue weighted by atomic mass is 9.96. The number of carboxylic acid groups (broad SMARTS) is 1. The number of benzene rings is 1. The van der Waals surface area contributed by atoms with E-state index in [2.05, 4.69) is 4.72 Å². The Hall–Kier alpha value is -1.65. The topological polar surface area (TPSA) is 92.7 Å². The maximum absolute atomic E-state index is 14.2. The fourth-order valence-corrected chi connectivity index (χ4v) is 4.63. The van der Waals surface area contributed by atoms with Gasteiger partial charge in [-0.2, -0.15) is 0 Å². The zero-order chi connectivity index (χ0) is 20.0. The van der Waals surface area contributed by atoms with E-state index in [1.165, 1.54) is 0 Å². The van der Waals surface area contributed by atoms with E-state index in [0.29, 0.717) is 25.3 Å². The number of sulfonamides is 1. The van der Waals surface area contributed by atoms with Crippen LogP contribution in [0.2, 0.25) is 0 Å². The molecular weight excluding hydrogens is 387 g/mol. The first-order valence-corrected chi connectivity index (χ1v) is 10.1. The molecule has 1 saturated carbocycles. The molecule has 0 aliphatic heterocycles. The SMILES string of the molecule is O=C(O)COCCCC[C@H]1[C@H](F)CC[C@@H]1NS(=O)(=O)c1ccc(F)cc1F. The van der Waals surface area contributed by atoms with Crippen LogP contribution >= 0.6 is 0 Å². The minimum atomic E-state index is -4.24. The Balaban J connectivity index is 1.92. The largest absolute Gasteiger partial charge is 0.480 e. The number of ether oxygens (including phenoxy) is 1. The zero-order valence-corrected chi connectivity index (χ0v) is 15.4. The Morgan fingerprint density at radius 3 is 2.67 bits per heavy atom. The smallest absolute Gasteiger partial charge is 0.329 e. The first kappa shape index (κ1) is 21.6. The molecule has 0 amide bonds. The van der Waals surface area contributed by atoms with Crippen molar-refractivity contribution in [3.05, 3.63) is 29.8 Å². The molecular formula is C17H22F3NO5S. The van der Waals surface area contributed by atoms with Gasteiger partial charge in [-0.3, -0.25) is 0 Å². The number of hydrogen-bond acceptors (Lipinski definition) is 4. The summed E-state index contributed by atoms with van der Waals surface area (Å²) in [4.78, 5) is 9.66. The van der Waals surface area contributed by atoms with Gasteiger partial charge >= 0.3 is 5.97 Å². The van der Waals surface area contributed by atoms with Crippen molar-refractivity contribution in [1.29, 1.82) is 0 Å². The molecule has 152 valence electrons. The molecule has 10 heteroatoms. The summed E-state index contributed by atoms with van der Waals surface area (Å²) < 4.78 is 72.9. The summed E-state index contributed by atoms with van der Waals surface area (Å²) in [6.07, 6.45) is 0.728. The van der Waals surface area contributed by atoms with Crippen molar-refractivity contribution in [2.45, 2.75) is 49.2 Å². The Labute approximate surface area is 155 Å². The Morgan fingerprint density at radius 2 is 2.00 bits per heavy atom. The van der Waals surface area contributed by atoms with Crippen LogP contribution in [0.25, 0.3) is 0 Å². The third kappa shape index (κ3) is 6.18. The van der Waals surface area contributed by atoms with E-state index in [1.807, 2.05) is 0 Å². The highest BCUT2D eigenvalue weighted by Crippen LogP contribution is 2.34. The van der Waals surface area contributed by atoms with E-state index >= 15 is 0 Å². The van der Waals surface area contributed by atoms with Crippen LogP contribution in [0.15, 0.2) is 23.1 Å². The van der Waals surface area contributed by atoms with E-state index in [0.717, 1.165) is 12.1 Å². The second kappa shape index (κ2) is 9.52. The van der Waals surface area contributed by atoms with Crippen molar-refractivity contribution in [1.82, 2.24) is 4.72 Å². The van der Waals surface area contributed by atoms with Gasteiger partial charge in [0.15, 0.2) is 0 Å². The van der Waals surface area contributed by atoms with E-state index < -0.39 is 57.3 Å². The Bertz CT molecular complexity index is 759. The van der Waals surface area contributed by atoms with Crippen molar-refractivity contribution in [2.75, 3.05) is 13.2 Å². The number of hydrogen-bond donors (Lipinski definition) is 2. The lowest BCUT2D eigenvalue weighted by Gasteiger charge is -2.22. The molecule has 0 bridgehead atoms. The standard InChI is InChI=1S/C17H22F3NO5S/c18-11-4-7-16(14(20)9-11)27(24,25)21-15-6-5-13(19)12(15)3-1-2-8-26-10-17(22)23/h4,7,9,12-13,15,21H,1-3,5-6,8,10H2,(H,22,23)/t12-,13+,15-/m0/s1. The van der Waals surface area contributed by atoms with E-state index in [-0.39, 0.29) is 19.4 Å². The highest BCUT2D eigenvalue weighted by molar-refractivity contribution is 7.89. The molecule has 1 aromatic carbocycles. The molecule has 6 nitrogen and oxygen atoms in total. The number of aliphatic carboxylic acids is 1. The summed E-state index contributed by atoms with van der Waals surface area (Å²) in [5, 5.41) is 8.46. The van der Waals surface area contributed by atoms with Gasteiger partial charge in [-0.1, -0.05) is 6.42 Å². The molecule has 1 aliphatic rings. The molecule has 0 spiro atoms. The van der Waals surface area contributed by atoms with Crippen LogP contribution in [-0.2, 0) is 19.6 Å². The molecule has 1 fully saturated rings. The molecule has 0 unspecified atom stereocenters. The first-order valence-electron chi connectivity index (χ1n) is 8.61. The number of carbonyl (C=O) groups is 1. The highest BCUT2D eigenvalue weighted by Gasteiger charge is 2.38. The van der Waals surface area contributed by atoms with Crippen molar-refractivity contribution in [3.8, 4) is 0 Å². The number of nitrogens with one attached hydrogen (secondary N) is 1. The summed E-state index contributed by atoms with van der Waals surface area (Å²) in [7, 11) is -4.24. The lowest BCUT2D eigenvalue weighted by Crippen LogP contribution is -2.39. The molecule has 3 atom stereocenters. The van der Waals surface area contributed by atoms with Crippen LogP contribution in [0, 0.1) is 17.6 Å². The van der Waals surface area contributed by atoms with Gasteiger partial charge in [0, 0.05) is 24.6 Å². The summed E-state index contributed by atoms with van der Waals surface area (Å²) in [5.74, 6) is -3.73. The molecule has 0 saturated heterocycles. The summed E-state index contributed by atoms with van der Waals surface area (Å²) in [6.45, 7) is -0.187. The van der Waals surface area contributed by atoms with Gasteiger partial charge in [-0.05, 0) is 37.8 Å². The zero-order valence-electron chi connectivity index (χ0n) is 14.5. The summed E-state index contributed by atoms with van der Waals surface area (Å²) in [6, 6.07) is 1.48. The minimum Gasteiger partial charge on any atom is -0.480 e. The van der Waals surface area contributed by atoms with Gasteiger partial charge in [-0.25, -0.2) is 31.1 Å². The fourth-order valence-electron chi connectivity index (χ4n) is 3.25. The predicted molar refractivity (Wildman–Crippen MR) is 90.4 cm³/mol. The number of halogens is 3. The third-order valence-electron chi connectivity index (χ3n) is 4.53. The Kier molecular flexibility index (Phi) is 7.63. The van der Waals surface area contributed by atoms with Crippen molar-refractivity contribution in [3.63, 3.8) is 0 Å². The number of unbranched alkanes of at least 4 members (excludes halogenated alkanes) is 1. The van der Waals surface area contributed by atoms with Crippen molar-refractivity contribution in [2.24, 2.45) is 5.92 Å². The van der Waals surface area contributed by atoms with Gasteiger partial charge in [0.1, 0.15) is 29.3 Å². The van der Waals surface area contributed by atoms with E-state index in [4.69, 9.17) is 9.84 Å². The molecule has 2 rings (SSSR count). The average molecular weight is 409 g/mol. The van der Waals surface area contributed by atoms with Crippen LogP contribution < -0.4 is 4.72 Å². The Morgan fingerprint density at radius 1 is 1.26 bits per heavy atom. The highest BCUT2D eigenvalue weighted by atomic mass is 32.2. The second-order valence-electron chi connectivity index (χ2n) is 6.50. The minimum absolute atomic E-state index is 0.194. The molecule has 0 heterocycles.